The van der Waals surface area contributed by atoms with Crippen molar-refractivity contribution < 1.29 is 9.84 Å². The minimum atomic E-state index is 0.127. The molecule has 2 N–H and O–H groups in total. The van der Waals surface area contributed by atoms with E-state index in [4.69, 9.17) is 17.0 Å². The van der Waals surface area contributed by atoms with Gasteiger partial charge in [0.15, 0.2) is 5.82 Å². The second-order valence-electron chi connectivity index (χ2n) is 5.07. The van der Waals surface area contributed by atoms with Gasteiger partial charge in [0.25, 0.3) is 0 Å². The maximum atomic E-state index is 9.93. The van der Waals surface area contributed by atoms with Crippen LogP contribution in [0.5, 0.6) is 11.5 Å². The Labute approximate surface area is 157 Å². The third kappa shape index (κ3) is 3.97. The SMILES string of the molecule is CCOc1cccc(-c2n[nH]c(=S)n2N=Cc2cc(Br)ccc2O)c1. The Kier molecular flexibility index (Phi) is 5.30. The van der Waals surface area contributed by atoms with Crippen LogP contribution in [0.1, 0.15) is 12.5 Å². The number of hydrogen-bond acceptors (Lipinski definition) is 5. The summed E-state index contributed by atoms with van der Waals surface area (Å²) in [5.74, 6) is 1.42. The summed E-state index contributed by atoms with van der Waals surface area (Å²) in [7, 11) is 0. The molecule has 0 bridgehead atoms. The van der Waals surface area contributed by atoms with Crippen molar-refractivity contribution in [3.8, 4) is 22.9 Å². The standard InChI is InChI=1S/C17H15BrN4O2S/c1-2-24-14-5-3-4-11(9-14)16-20-21-17(25)22(16)19-10-12-8-13(18)6-7-15(12)23/h3-10,23H,2H2,1H3,(H,21,25). The summed E-state index contributed by atoms with van der Waals surface area (Å²) in [6, 6.07) is 12.6. The fourth-order valence-electron chi connectivity index (χ4n) is 2.23. The predicted octanol–water partition coefficient (Wildman–Crippen LogP) is 4.36. The Balaban J connectivity index is 2.00. The van der Waals surface area contributed by atoms with Gasteiger partial charge in [0.2, 0.25) is 4.77 Å². The highest BCUT2D eigenvalue weighted by Gasteiger charge is 2.09. The zero-order valence-electron chi connectivity index (χ0n) is 13.3. The number of phenolic OH excluding ortho intramolecular Hbond substituents is 1. The number of hydrogen-bond donors (Lipinski definition) is 2. The molecular formula is C17H15BrN4O2S. The average Bonchev–Trinajstić information content (AvgIpc) is 2.97. The first kappa shape index (κ1) is 17.4. The number of rotatable bonds is 5. The number of aromatic nitrogens is 3. The topological polar surface area (TPSA) is 75.4 Å². The van der Waals surface area contributed by atoms with Crippen molar-refractivity contribution in [2.45, 2.75) is 6.92 Å². The normalized spacial score (nSPS) is 11.1. The third-order valence-corrected chi connectivity index (χ3v) is 4.11. The van der Waals surface area contributed by atoms with Crippen molar-refractivity contribution in [1.82, 2.24) is 14.9 Å². The molecule has 0 radical (unpaired) electrons. The van der Waals surface area contributed by atoms with Crippen LogP contribution in [0.15, 0.2) is 52.0 Å². The van der Waals surface area contributed by atoms with Gasteiger partial charge in [-0.3, -0.25) is 0 Å². The monoisotopic (exact) mass is 418 g/mol. The van der Waals surface area contributed by atoms with Crippen molar-refractivity contribution in [1.29, 1.82) is 0 Å². The van der Waals surface area contributed by atoms with Gasteiger partial charge in [-0.2, -0.15) is 14.9 Å². The summed E-state index contributed by atoms with van der Waals surface area (Å²) in [4.78, 5) is 0. The van der Waals surface area contributed by atoms with Gasteiger partial charge in [0.05, 0.1) is 12.8 Å². The van der Waals surface area contributed by atoms with Gasteiger partial charge in [0.1, 0.15) is 11.5 Å². The minimum Gasteiger partial charge on any atom is -0.507 e. The molecule has 0 saturated heterocycles. The lowest BCUT2D eigenvalue weighted by Gasteiger charge is -2.05. The Morgan fingerprint density at radius 1 is 1.36 bits per heavy atom. The van der Waals surface area contributed by atoms with E-state index in [1.54, 1.807) is 18.2 Å². The van der Waals surface area contributed by atoms with Crippen molar-refractivity contribution in [3.63, 3.8) is 0 Å². The number of halogens is 1. The molecule has 6 nitrogen and oxygen atoms in total. The van der Waals surface area contributed by atoms with Crippen LogP contribution >= 0.6 is 28.1 Å². The first-order valence-electron chi connectivity index (χ1n) is 7.52. The fraction of sp³-hybridized carbons (Fsp3) is 0.118. The van der Waals surface area contributed by atoms with Crippen LogP contribution in [-0.2, 0) is 0 Å². The van der Waals surface area contributed by atoms with Gasteiger partial charge < -0.3 is 9.84 Å². The summed E-state index contributed by atoms with van der Waals surface area (Å²) in [5, 5.41) is 21.3. The lowest BCUT2D eigenvalue weighted by molar-refractivity contribution is 0.340. The van der Waals surface area contributed by atoms with E-state index in [1.807, 2.05) is 31.2 Å². The maximum absolute atomic E-state index is 9.93. The van der Waals surface area contributed by atoms with Crippen LogP contribution in [0.25, 0.3) is 11.4 Å². The smallest absolute Gasteiger partial charge is 0.216 e. The highest BCUT2D eigenvalue weighted by atomic mass is 79.9. The molecule has 1 aromatic heterocycles. The largest absolute Gasteiger partial charge is 0.507 e. The Morgan fingerprint density at radius 2 is 2.20 bits per heavy atom. The van der Waals surface area contributed by atoms with Crippen molar-refractivity contribution in [2.24, 2.45) is 5.10 Å². The van der Waals surface area contributed by atoms with Crippen molar-refractivity contribution in [2.75, 3.05) is 6.61 Å². The van der Waals surface area contributed by atoms with E-state index in [-0.39, 0.29) is 5.75 Å². The summed E-state index contributed by atoms with van der Waals surface area (Å²) in [6.07, 6.45) is 1.53. The molecule has 2 aromatic carbocycles. The molecule has 0 aliphatic heterocycles. The van der Waals surface area contributed by atoms with Crippen LogP contribution in [0.2, 0.25) is 0 Å². The molecule has 0 aliphatic rings. The number of H-pyrrole nitrogens is 1. The lowest BCUT2D eigenvalue weighted by atomic mass is 10.2. The van der Waals surface area contributed by atoms with Crippen LogP contribution in [-0.4, -0.2) is 32.8 Å². The summed E-state index contributed by atoms with van der Waals surface area (Å²) >= 11 is 8.63. The van der Waals surface area contributed by atoms with Gasteiger partial charge in [-0.25, -0.2) is 5.10 Å². The summed E-state index contributed by atoms with van der Waals surface area (Å²) in [5.41, 5.74) is 1.38. The zero-order chi connectivity index (χ0) is 17.8. The molecule has 0 saturated carbocycles. The summed E-state index contributed by atoms with van der Waals surface area (Å²) in [6.45, 7) is 2.51. The van der Waals surface area contributed by atoms with Crippen molar-refractivity contribution in [3.05, 3.63) is 57.3 Å². The second-order valence-corrected chi connectivity index (χ2v) is 6.38. The number of nitrogens with one attached hydrogen (secondary N) is 1. The van der Waals surface area contributed by atoms with Gasteiger partial charge >= 0.3 is 0 Å². The molecule has 25 heavy (non-hydrogen) atoms. The number of phenols is 1. The van der Waals surface area contributed by atoms with Gasteiger partial charge in [-0.15, -0.1) is 0 Å². The number of nitrogens with zero attached hydrogens (tertiary/aromatic N) is 3. The molecule has 0 unspecified atom stereocenters. The average molecular weight is 419 g/mol. The Bertz CT molecular complexity index is 981. The Hall–Kier alpha value is -2.45. The highest BCUT2D eigenvalue weighted by molar-refractivity contribution is 9.10. The molecule has 0 fully saturated rings. The molecule has 1 heterocycles. The maximum Gasteiger partial charge on any atom is 0.216 e. The van der Waals surface area contributed by atoms with Crippen LogP contribution in [0.4, 0.5) is 0 Å². The highest BCUT2D eigenvalue weighted by Crippen LogP contribution is 2.23. The summed E-state index contributed by atoms with van der Waals surface area (Å²) < 4.78 is 8.21. The molecule has 3 rings (SSSR count). The first-order chi connectivity index (χ1) is 12.1. The van der Waals surface area contributed by atoms with Crippen molar-refractivity contribution >= 4 is 34.4 Å². The van der Waals surface area contributed by atoms with Gasteiger partial charge in [-0.05, 0) is 49.5 Å². The number of ether oxygens (including phenoxy) is 1. The van der Waals surface area contributed by atoms with Crippen LogP contribution in [0, 0.1) is 4.77 Å². The van der Waals surface area contributed by atoms with E-state index in [0.29, 0.717) is 22.8 Å². The van der Waals surface area contributed by atoms with E-state index in [1.165, 1.54) is 10.9 Å². The molecule has 3 aromatic rings. The molecule has 8 heteroatoms. The molecule has 0 amide bonds. The van der Waals surface area contributed by atoms with E-state index >= 15 is 0 Å². The second kappa shape index (κ2) is 7.62. The molecular weight excluding hydrogens is 404 g/mol. The lowest BCUT2D eigenvalue weighted by Crippen LogP contribution is -1.96. The van der Waals surface area contributed by atoms with Crippen LogP contribution < -0.4 is 4.74 Å². The van der Waals surface area contributed by atoms with E-state index < -0.39 is 0 Å². The fourth-order valence-corrected chi connectivity index (χ4v) is 2.78. The number of benzene rings is 2. The predicted molar refractivity (Wildman–Crippen MR) is 103 cm³/mol. The van der Waals surface area contributed by atoms with Gasteiger partial charge in [0, 0.05) is 15.6 Å². The van der Waals surface area contributed by atoms with E-state index in [0.717, 1.165) is 15.8 Å². The molecule has 0 spiro atoms. The molecule has 0 aliphatic carbocycles. The molecule has 0 atom stereocenters. The van der Waals surface area contributed by atoms with E-state index in [2.05, 4.69) is 31.2 Å². The minimum absolute atomic E-state index is 0.127. The molecule has 128 valence electrons. The number of aromatic amines is 1. The van der Waals surface area contributed by atoms with E-state index in [9.17, 15) is 5.11 Å². The quantitative estimate of drug-likeness (QED) is 0.476. The first-order valence-corrected chi connectivity index (χ1v) is 8.72. The van der Waals surface area contributed by atoms with Gasteiger partial charge in [-0.1, -0.05) is 28.1 Å². The Morgan fingerprint density at radius 3 is 3.00 bits per heavy atom. The zero-order valence-corrected chi connectivity index (χ0v) is 15.7. The van der Waals surface area contributed by atoms with Crippen LogP contribution in [0.3, 0.4) is 0 Å². The third-order valence-electron chi connectivity index (χ3n) is 3.36. The number of aromatic hydroxyl groups is 1.